The van der Waals surface area contributed by atoms with Crippen molar-refractivity contribution in [1.82, 2.24) is 15.5 Å². The molecule has 0 bridgehead atoms. The van der Waals surface area contributed by atoms with Crippen LogP contribution in [0.25, 0.3) is 0 Å². The maximum Gasteiger partial charge on any atom is 0.422 e. The Balaban J connectivity index is 2.39. The highest BCUT2D eigenvalue weighted by Crippen LogP contribution is 2.18. The second kappa shape index (κ2) is 10.9. The first-order chi connectivity index (χ1) is 12.2. The Morgan fingerprint density at radius 1 is 1.19 bits per heavy atom. The molecule has 0 radical (unpaired) electrons. The number of alkyl halides is 3. The molecule has 0 atom stereocenters. The van der Waals surface area contributed by atoms with Gasteiger partial charge in [0, 0.05) is 32.7 Å². The van der Waals surface area contributed by atoms with Gasteiger partial charge in [-0.3, -0.25) is 9.89 Å². The Labute approximate surface area is 153 Å². The summed E-state index contributed by atoms with van der Waals surface area (Å²) < 4.78 is 41.1. The van der Waals surface area contributed by atoms with E-state index in [1.807, 2.05) is 0 Å². The zero-order chi connectivity index (χ0) is 19.6. The lowest BCUT2D eigenvalue weighted by Gasteiger charge is -2.25. The first-order valence-corrected chi connectivity index (χ1v) is 8.72. The molecule has 8 heteroatoms. The Hall–Kier alpha value is -1.96. The van der Waals surface area contributed by atoms with Gasteiger partial charge in [-0.15, -0.1) is 0 Å². The molecule has 0 saturated carbocycles. The summed E-state index contributed by atoms with van der Waals surface area (Å²) in [5, 5.41) is 6.44. The van der Waals surface area contributed by atoms with Crippen LogP contribution in [-0.2, 0) is 6.54 Å². The second-order valence-electron chi connectivity index (χ2n) is 6.12. The van der Waals surface area contributed by atoms with Gasteiger partial charge in [0.2, 0.25) is 0 Å². The van der Waals surface area contributed by atoms with Crippen LogP contribution in [0.2, 0.25) is 0 Å². The minimum atomic E-state index is -4.33. The zero-order valence-electron chi connectivity index (χ0n) is 15.9. The van der Waals surface area contributed by atoms with Gasteiger partial charge in [-0.2, -0.15) is 13.2 Å². The van der Waals surface area contributed by atoms with Crippen LogP contribution in [0.4, 0.5) is 13.2 Å². The minimum Gasteiger partial charge on any atom is -0.484 e. The van der Waals surface area contributed by atoms with Gasteiger partial charge in [0.1, 0.15) is 5.75 Å². The average Bonchev–Trinajstić information content (AvgIpc) is 2.59. The molecule has 0 fully saturated rings. The SMILES string of the molecule is CCN(CCNC(=NC)NCc1ccc(OCC(F)(F)F)cc1)C(C)C. The van der Waals surface area contributed by atoms with E-state index in [2.05, 4.69) is 41.3 Å². The number of nitrogens with one attached hydrogen (secondary N) is 2. The molecule has 0 unspecified atom stereocenters. The molecule has 0 amide bonds. The highest BCUT2D eigenvalue weighted by atomic mass is 19.4. The molecule has 0 spiro atoms. The molecule has 26 heavy (non-hydrogen) atoms. The van der Waals surface area contributed by atoms with Crippen molar-refractivity contribution in [3.05, 3.63) is 29.8 Å². The molecule has 0 heterocycles. The topological polar surface area (TPSA) is 48.9 Å². The molecule has 1 aromatic carbocycles. The summed E-state index contributed by atoms with van der Waals surface area (Å²) in [6, 6.07) is 7.00. The third kappa shape index (κ3) is 8.94. The van der Waals surface area contributed by atoms with Gasteiger partial charge < -0.3 is 15.4 Å². The third-order valence-electron chi connectivity index (χ3n) is 3.84. The second-order valence-corrected chi connectivity index (χ2v) is 6.12. The van der Waals surface area contributed by atoms with Crippen molar-refractivity contribution < 1.29 is 17.9 Å². The quantitative estimate of drug-likeness (QED) is 0.515. The molecular formula is C18H29F3N4O. The Kier molecular flexibility index (Phi) is 9.26. The third-order valence-corrected chi connectivity index (χ3v) is 3.84. The van der Waals surface area contributed by atoms with Crippen LogP contribution >= 0.6 is 0 Å². The fourth-order valence-electron chi connectivity index (χ4n) is 2.37. The molecule has 1 aromatic rings. The highest BCUT2D eigenvalue weighted by Gasteiger charge is 2.28. The van der Waals surface area contributed by atoms with E-state index < -0.39 is 12.8 Å². The Morgan fingerprint density at radius 2 is 1.85 bits per heavy atom. The first-order valence-electron chi connectivity index (χ1n) is 8.72. The highest BCUT2D eigenvalue weighted by molar-refractivity contribution is 5.79. The molecule has 0 aliphatic carbocycles. The maximum atomic E-state index is 12.1. The molecule has 0 aliphatic rings. The van der Waals surface area contributed by atoms with Crippen molar-refractivity contribution in [3.63, 3.8) is 0 Å². The fourth-order valence-corrected chi connectivity index (χ4v) is 2.37. The molecule has 0 saturated heterocycles. The summed E-state index contributed by atoms with van der Waals surface area (Å²) >= 11 is 0. The van der Waals surface area contributed by atoms with Crippen LogP contribution in [0.3, 0.4) is 0 Å². The lowest BCUT2D eigenvalue weighted by Crippen LogP contribution is -2.42. The number of halogens is 3. The predicted octanol–water partition coefficient (Wildman–Crippen LogP) is 3.02. The Morgan fingerprint density at radius 3 is 2.35 bits per heavy atom. The fraction of sp³-hybridized carbons (Fsp3) is 0.611. The predicted molar refractivity (Wildman–Crippen MR) is 98.6 cm³/mol. The van der Waals surface area contributed by atoms with Gasteiger partial charge in [0.05, 0.1) is 0 Å². The van der Waals surface area contributed by atoms with Crippen LogP contribution in [0.1, 0.15) is 26.3 Å². The number of aliphatic imine (C=N–C) groups is 1. The summed E-state index contributed by atoms with van der Waals surface area (Å²) in [6.45, 7) is 8.38. The van der Waals surface area contributed by atoms with Crippen LogP contribution in [0, 0.1) is 0 Å². The van der Waals surface area contributed by atoms with Crippen molar-refractivity contribution in [2.45, 2.75) is 39.5 Å². The van der Waals surface area contributed by atoms with E-state index in [-0.39, 0.29) is 5.75 Å². The van der Waals surface area contributed by atoms with E-state index in [1.165, 1.54) is 12.1 Å². The average molecular weight is 374 g/mol. The van der Waals surface area contributed by atoms with Crippen molar-refractivity contribution in [1.29, 1.82) is 0 Å². The molecule has 5 nitrogen and oxygen atoms in total. The van der Waals surface area contributed by atoms with E-state index in [4.69, 9.17) is 4.74 Å². The molecule has 0 aromatic heterocycles. The molecule has 1 rings (SSSR count). The van der Waals surface area contributed by atoms with E-state index in [0.717, 1.165) is 25.2 Å². The first kappa shape index (κ1) is 22.1. The van der Waals surface area contributed by atoms with Gasteiger partial charge >= 0.3 is 6.18 Å². The number of hydrogen-bond acceptors (Lipinski definition) is 3. The Bertz CT molecular complexity index is 544. The zero-order valence-corrected chi connectivity index (χ0v) is 15.9. The van der Waals surface area contributed by atoms with Gasteiger partial charge in [-0.05, 0) is 38.1 Å². The van der Waals surface area contributed by atoms with Gasteiger partial charge in [0.15, 0.2) is 12.6 Å². The minimum absolute atomic E-state index is 0.196. The van der Waals surface area contributed by atoms with Crippen LogP contribution in [-0.4, -0.2) is 56.4 Å². The van der Waals surface area contributed by atoms with Gasteiger partial charge in [-0.25, -0.2) is 0 Å². The largest absolute Gasteiger partial charge is 0.484 e. The van der Waals surface area contributed by atoms with Gasteiger partial charge in [0.25, 0.3) is 0 Å². The molecule has 2 N–H and O–H groups in total. The smallest absolute Gasteiger partial charge is 0.422 e. The van der Waals surface area contributed by atoms with Crippen LogP contribution in [0.5, 0.6) is 5.75 Å². The van der Waals surface area contributed by atoms with E-state index in [0.29, 0.717) is 18.5 Å². The van der Waals surface area contributed by atoms with Crippen molar-refractivity contribution >= 4 is 5.96 Å². The maximum absolute atomic E-state index is 12.1. The molecule has 0 aliphatic heterocycles. The standard InChI is InChI=1S/C18H29F3N4O/c1-5-25(14(2)3)11-10-23-17(22-4)24-12-15-6-8-16(9-7-15)26-13-18(19,20)21/h6-9,14H,5,10-13H2,1-4H3,(H2,22,23,24). The van der Waals surface area contributed by atoms with Crippen LogP contribution < -0.4 is 15.4 Å². The molecular weight excluding hydrogens is 345 g/mol. The number of benzene rings is 1. The van der Waals surface area contributed by atoms with Crippen molar-refractivity contribution in [2.75, 3.05) is 33.3 Å². The number of rotatable bonds is 9. The number of hydrogen-bond donors (Lipinski definition) is 2. The summed E-state index contributed by atoms with van der Waals surface area (Å²) in [7, 11) is 1.70. The number of ether oxygens (including phenoxy) is 1. The summed E-state index contributed by atoms with van der Waals surface area (Å²) in [4.78, 5) is 6.52. The van der Waals surface area contributed by atoms with E-state index in [1.54, 1.807) is 19.2 Å². The van der Waals surface area contributed by atoms with E-state index >= 15 is 0 Å². The number of guanidine groups is 1. The van der Waals surface area contributed by atoms with Crippen LogP contribution in [0.15, 0.2) is 29.3 Å². The summed E-state index contributed by atoms with van der Waals surface area (Å²) in [5.41, 5.74) is 0.921. The molecule has 148 valence electrons. The number of nitrogens with zero attached hydrogens (tertiary/aromatic N) is 2. The van der Waals surface area contributed by atoms with Gasteiger partial charge in [-0.1, -0.05) is 19.1 Å². The van der Waals surface area contributed by atoms with Crippen molar-refractivity contribution in [2.24, 2.45) is 4.99 Å². The van der Waals surface area contributed by atoms with Crippen molar-refractivity contribution in [3.8, 4) is 5.75 Å². The van der Waals surface area contributed by atoms with E-state index in [9.17, 15) is 13.2 Å². The lowest BCUT2D eigenvalue weighted by atomic mass is 10.2. The normalized spacial score (nSPS) is 12.6. The lowest BCUT2D eigenvalue weighted by molar-refractivity contribution is -0.153. The summed E-state index contributed by atoms with van der Waals surface area (Å²) in [6.07, 6.45) is -4.33. The monoisotopic (exact) mass is 374 g/mol. The number of likely N-dealkylation sites (N-methyl/N-ethyl adjacent to an activating group) is 1. The summed E-state index contributed by atoms with van der Waals surface area (Å²) in [5.74, 6) is 0.879.